The van der Waals surface area contributed by atoms with Crippen LogP contribution in [0, 0.1) is 0 Å². The molecule has 1 saturated heterocycles. The molecule has 1 aliphatic heterocycles. The van der Waals surface area contributed by atoms with E-state index in [1.54, 1.807) is 7.11 Å². The van der Waals surface area contributed by atoms with Crippen molar-refractivity contribution >= 4 is 5.91 Å². The molecule has 0 aliphatic carbocycles. The Bertz CT molecular complexity index is 748. The predicted octanol–water partition coefficient (Wildman–Crippen LogP) is 2.77. The van der Waals surface area contributed by atoms with Crippen LogP contribution in [0.25, 0.3) is 0 Å². The zero-order valence-electron chi connectivity index (χ0n) is 16.3. The van der Waals surface area contributed by atoms with Crippen molar-refractivity contribution in [2.75, 3.05) is 40.9 Å². The first-order valence-electron chi connectivity index (χ1n) is 9.32. The molecule has 27 heavy (non-hydrogen) atoms. The second kappa shape index (κ2) is 9.02. The van der Waals surface area contributed by atoms with Gasteiger partial charge in [-0.05, 0) is 37.4 Å². The molecular weight excluding hydrogens is 340 g/mol. The maximum Gasteiger partial charge on any atom is 0.227 e. The van der Waals surface area contributed by atoms with Gasteiger partial charge in [-0.25, -0.2) is 0 Å². The van der Waals surface area contributed by atoms with Crippen LogP contribution in [0.3, 0.4) is 0 Å². The Morgan fingerprint density at radius 2 is 1.96 bits per heavy atom. The maximum atomic E-state index is 13.2. The number of methoxy groups -OCH3 is 1. The van der Waals surface area contributed by atoms with Crippen molar-refractivity contribution in [1.29, 1.82) is 0 Å². The van der Waals surface area contributed by atoms with E-state index in [1.807, 2.05) is 61.5 Å². The van der Waals surface area contributed by atoms with Gasteiger partial charge in [0.25, 0.3) is 0 Å². The standard InChI is InChI=1S/C22H28N2O3/c1-23(2)16-20-22(18-9-5-4-6-10-18)24(12-13-27-20)21(25)15-17-8-7-11-19(14-17)26-3/h4-11,14,20,22H,12-13,15-16H2,1-3H3/t20-,22-/m0/s1. The average molecular weight is 368 g/mol. The first kappa shape index (κ1) is 19.4. The second-order valence-corrected chi connectivity index (χ2v) is 7.14. The van der Waals surface area contributed by atoms with Crippen molar-refractivity contribution in [1.82, 2.24) is 9.80 Å². The van der Waals surface area contributed by atoms with Gasteiger partial charge in [-0.3, -0.25) is 4.79 Å². The molecule has 1 fully saturated rings. The van der Waals surface area contributed by atoms with Crippen LogP contribution in [-0.2, 0) is 16.0 Å². The van der Waals surface area contributed by atoms with Crippen LogP contribution >= 0.6 is 0 Å². The van der Waals surface area contributed by atoms with Crippen molar-refractivity contribution in [3.63, 3.8) is 0 Å². The third-order valence-electron chi connectivity index (χ3n) is 4.85. The molecule has 5 heteroatoms. The van der Waals surface area contributed by atoms with Gasteiger partial charge in [0.1, 0.15) is 5.75 Å². The molecular formula is C22H28N2O3. The van der Waals surface area contributed by atoms with Crippen LogP contribution in [0.15, 0.2) is 54.6 Å². The lowest BCUT2D eigenvalue weighted by atomic mass is 9.96. The fraction of sp³-hybridized carbons (Fsp3) is 0.409. The molecule has 1 heterocycles. The third kappa shape index (κ3) is 4.87. The number of hydrogen-bond acceptors (Lipinski definition) is 4. The molecule has 0 bridgehead atoms. The van der Waals surface area contributed by atoms with Crippen LogP contribution in [0.2, 0.25) is 0 Å². The van der Waals surface area contributed by atoms with Gasteiger partial charge in [0, 0.05) is 13.1 Å². The summed E-state index contributed by atoms with van der Waals surface area (Å²) in [5.41, 5.74) is 2.07. The Hall–Kier alpha value is -2.37. The lowest BCUT2D eigenvalue weighted by Gasteiger charge is -2.42. The van der Waals surface area contributed by atoms with Crippen LogP contribution in [0.1, 0.15) is 17.2 Å². The molecule has 5 nitrogen and oxygen atoms in total. The first-order valence-corrected chi connectivity index (χ1v) is 9.32. The first-order chi connectivity index (χ1) is 13.1. The number of amides is 1. The molecule has 144 valence electrons. The molecule has 2 atom stereocenters. The molecule has 0 saturated carbocycles. The Labute approximate surface area is 161 Å². The van der Waals surface area contributed by atoms with E-state index in [4.69, 9.17) is 9.47 Å². The van der Waals surface area contributed by atoms with Gasteiger partial charge in [-0.2, -0.15) is 0 Å². The minimum Gasteiger partial charge on any atom is -0.497 e. The molecule has 0 radical (unpaired) electrons. The van der Waals surface area contributed by atoms with Crippen molar-refractivity contribution in [2.45, 2.75) is 18.6 Å². The number of benzene rings is 2. The van der Waals surface area contributed by atoms with E-state index in [1.165, 1.54) is 0 Å². The van der Waals surface area contributed by atoms with Crippen molar-refractivity contribution in [3.8, 4) is 5.75 Å². The maximum absolute atomic E-state index is 13.2. The predicted molar refractivity (Wildman–Crippen MR) is 106 cm³/mol. The van der Waals surface area contributed by atoms with Gasteiger partial charge in [-0.1, -0.05) is 42.5 Å². The van der Waals surface area contributed by atoms with E-state index in [2.05, 4.69) is 17.0 Å². The summed E-state index contributed by atoms with van der Waals surface area (Å²) in [6.45, 7) is 1.93. The Morgan fingerprint density at radius 1 is 1.19 bits per heavy atom. The number of nitrogens with zero attached hydrogens (tertiary/aromatic N) is 2. The summed E-state index contributed by atoms with van der Waals surface area (Å²) in [4.78, 5) is 17.3. The highest BCUT2D eigenvalue weighted by Crippen LogP contribution is 2.30. The normalized spacial score (nSPS) is 19.9. The zero-order chi connectivity index (χ0) is 19.2. The highest BCUT2D eigenvalue weighted by molar-refractivity contribution is 5.79. The number of ether oxygens (including phenoxy) is 2. The van der Waals surface area contributed by atoms with Crippen molar-refractivity contribution in [3.05, 3.63) is 65.7 Å². The fourth-order valence-electron chi connectivity index (χ4n) is 3.63. The van der Waals surface area contributed by atoms with Crippen LogP contribution in [0.4, 0.5) is 0 Å². The fourth-order valence-corrected chi connectivity index (χ4v) is 3.63. The third-order valence-corrected chi connectivity index (χ3v) is 4.85. The molecule has 1 amide bonds. The van der Waals surface area contributed by atoms with E-state index in [0.717, 1.165) is 23.4 Å². The summed E-state index contributed by atoms with van der Waals surface area (Å²) < 4.78 is 11.4. The van der Waals surface area contributed by atoms with E-state index in [-0.39, 0.29) is 18.1 Å². The highest BCUT2D eigenvalue weighted by atomic mass is 16.5. The zero-order valence-corrected chi connectivity index (χ0v) is 16.3. The number of rotatable bonds is 6. The Kier molecular flexibility index (Phi) is 6.48. The smallest absolute Gasteiger partial charge is 0.227 e. The lowest BCUT2D eigenvalue weighted by Crippen LogP contribution is -2.51. The van der Waals surface area contributed by atoms with Crippen LogP contribution in [-0.4, -0.2) is 62.7 Å². The Morgan fingerprint density at radius 3 is 2.67 bits per heavy atom. The topological polar surface area (TPSA) is 42.0 Å². The SMILES string of the molecule is COc1cccc(CC(=O)N2CCO[C@@H](CN(C)C)[C@@H]2c2ccccc2)c1. The molecule has 0 unspecified atom stereocenters. The molecule has 0 aromatic heterocycles. The quantitative estimate of drug-likeness (QED) is 0.786. The molecule has 0 spiro atoms. The number of hydrogen-bond donors (Lipinski definition) is 0. The van der Waals surface area contributed by atoms with Gasteiger partial charge >= 0.3 is 0 Å². The second-order valence-electron chi connectivity index (χ2n) is 7.14. The lowest BCUT2D eigenvalue weighted by molar-refractivity contribution is -0.147. The minimum atomic E-state index is -0.0829. The summed E-state index contributed by atoms with van der Waals surface area (Å²) in [6.07, 6.45) is 0.306. The van der Waals surface area contributed by atoms with Gasteiger partial charge in [0.15, 0.2) is 0 Å². The molecule has 0 N–H and O–H groups in total. The monoisotopic (exact) mass is 368 g/mol. The summed E-state index contributed by atoms with van der Waals surface area (Å²) >= 11 is 0. The highest BCUT2D eigenvalue weighted by Gasteiger charge is 2.36. The van der Waals surface area contributed by atoms with Gasteiger partial charge in [0.2, 0.25) is 5.91 Å². The Balaban J connectivity index is 1.84. The van der Waals surface area contributed by atoms with Gasteiger partial charge in [-0.15, -0.1) is 0 Å². The van der Waals surface area contributed by atoms with Crippen LogP contribution in [0.5, 0.6) is 5.75 Å². The summed E-state index contributed by atoms with van der Waals surface area (Å²) in [7, 11) is 5.70. The van der Waals surface area contributed by atoms with Crippen molar-refractivity contribution in [2.24, 2.45) is 0 Å². The minimum absolute atomic E-state index is 0.0505. The number of carbonyl (C=O) groups is 1. The molecule has 2 aromatic rings. The number of likely N-dealkylation sites (N-methyl/N-ethyl adjacent to an activating group) is 1. The van der Waals surface area contributed by atoms with Gasteiger partial charge in [0.05, 0.1) is 32.3 Å². The summed E-state index contributed by atoms with van der Waals surface area (Å²) in [5, 5.41) is 0. The van der Waals surface area contributed by atoms with E-state index >= 15 is 0 Å². The summed E-state index contributed by atoms with van der Waals surface area (Å²) in [5.74, 6) is 0.886. The number of carbonyl (C=O) groups excluding carboxylic acids is 1. The summed E-state index contributed by atoms with van der Waals surface area (Å²) in [6, 6.07) is 17.8. The molecule has 2 aromatic carbocycles. The van der Waals surface area contributed by atoms with Crippen LogP contribution < -0.4 is 4.74 Å². The van der Waals surface area contributed by atoms with E-state index < -0.39 is 0 Å². The van der Waals surface area contributed by atoms with E-state index in [9.17, 15) is 4.79 Å². The molecule has 1 aliphatic rings. The van der Waals surface area contributed by atoms with Crippen molar-refractivity contribution < 1.29 is 14.3 Å². The average Bonchev–Trinajstić information content (AvgIpc) is 2.68. The number of morpholine rings is 1. The van der Waals surface area contributed by atoms with Gasteiger partial charge < -0.3 is 19.3 Å². The molecule has 3 rings (SSSR count). The largest absolute Gasteiger partial charge is 0.497 e. The van der Waals surface area contributed by atoms with E-state index in [0.29, 0.717) is 19.6 Å².